The fraction of sp³-hybridized carbons (Fsp3) is 0.294. The van der Waals surface area contributed by atoms with Gasteiger partial charge in [0.25, 0.3) is 5.91 Å². The van der Waals surface area contributed by atoms with Crippen molar-refractivity contribution in [2.75, 3.05) is 6.54 Å². The van der Waals surface area contributed by atoms with Gasteiger partial charge < -0.3 is 15.0 Å². The van der Waals surface area contributed by atoms with Gasteiger partial charge in [-0.1, -0.05) is 11.6 Å². The molecule has 0 unspecified atom stereocenters. The molecule has 1 amide bonds. The molecule has 6 nitrogen and oxygen atoms in total. The Balaban J connectivity index is 1.75. The first-order chi connectivity index (χ1) is 12.7. The quantitative estimate of drug-likeness (QED) is 0.685. The van der Waals surface area contributed by atoms with Crippen LogP contribution in [0, 0.1) is 6.92 Å². The summed E-state index contributed by atoms with van der Waals surface area (Å²) in [6, 6.07) is 4.12. The molecule has 0 aliphatic heterocycles. The molecule has 0 saturated heterocycles. The number of hydrogen-bond acceptors (Lipinski definition) is 3. The number of ether oxygens (including phenoxy) is 1. The third kappa shape index (κ3) is 4.19. The van der Waals surface area contributed by atoms with E-state index in [9.17, 15) is 18.0 Å². The van der Waals surface area contributed by atoms with E-state index in [-0.39, 0.29) is 28.9 Å². The molecule has 27 heavy (non-hydrogen) atoms. The molecule has 2 heterocycles. The molecule has 3 aromatic rings. The predicted octanol–water partition coefficient (Wildman–Crippen LogP) is 3.73. The largest absolute Gasteiger partial charge is 0.573 e. The molecular formula is C17H16ClF3N4O2. The van der Waals surface area contributed by atoms with Gasteiger partial charge in [-0.15, -0.1) is 13.2 Å². The van der Waals surface area contributed by atoms with Crippen molar-refractivity contribution in [1.82, 2.24) is 20.1 Å². The van der Waals surface area contributed by atoms with Gasteiger partial charge >= 0.3 is 6.36 Å². The van der Waals surface area contributed by atoms with Crippen LogP contribution in [0.1, 0.15) is 21.7 Å². The molecule has 0 atom stereocenters. The molecule has 0 spiro atoms. The first-order valence-corrected chi connectivity index (χ1v) is 8.36. The number of nitrogens with zero attached hydrogens (tertiary/aromatic N) is 2. The maximum absolute atomic E-state index is 12.4. The summed E-state index contributed by atoms with van der Waals surface area (Å²) in [6.45, 7) is 2.10. The number of H-pyrrole nitrogens is 1. The lowest BCUT2D eigenvalue weighted by Gasteiger charge is -2.09. The zero-order valence-corrected chi connectivity index (χ0v) is 15.2. The number of alkyl halides is 3. The van der Waals surface area contributed by atoms with Crippen molar-refractivity contribution in [3.63, 3.8) is 0 Å². The summed E-state index contributed by atoms with van der Waals surface area (Å²) in [5.74, 6) is -0.667. The summed E-state index contributed by atoms with van der Waals surface area (Å²) in [7, 11) is 1.60. The predicted molar refractivity (Wildman–Crippen MR) is 94.0 cm³/mol. The highest BCUT2D eigenvalue weighted by molar-refractivity contribution is 6.33. The Bertz CT molecular complexity index is 975. The van der Waals surface area contributed by atoms with E-state index >= 15 is 0 Å². The maximum Gasteiger partial charge on any atom is 0.573 e. The lowest BCUT2D eigenvalue weighted by molar-refractivity contribution is -0.274. The van der Waals surface area contributed by atoms with E-state index < -0.39 is 6.36 Å². The van der Waals surface area contributed by atoms with E-state index in [1.807, 2.05) is 6.92 Å². The monoisotopic (exact) mass is 400 g/mol. The van der Waals surface area contributed by atoms with Crippen molar-refractivity contribution in [1.29, 1.82) is 0 Å². The molecule has 1 aromatic carbocycles. The summed E-state index contributed by atoms with van der Waals surface area (Å²) in [5.41, 5.74) is 2.54. The van der Waals surface area contributed by atoms with Gasteiger partial charge in [-0.2, -0.15) is 5.10 Å². The number of nitrogens with one attached hydrogen (secondary N) is 2. The highest BCUT2D eigenvalue weighted by atomic mass is 35.5. The Kier molecular flexibility index (Phi) is 5.05. The lowest BCUT2D eigenvalue weighted by Crippen LogP contribution is -2.28. The van der Waals surface area contributed by atoms with Crippen LogP contribution in [0.5, 0.6) is 5.75 Å². The van der Waals surface area contributed by atoms with Crippen molar-refractivity contribution in [2.45, 2.75) is 19.7 Å². The minimum Gasteiger partial charge on any atom is -0.406 e. The normalized spacial score (nSPS) is 11.8. The number of rotatable bonds is 5. The topological polar surface area (TPSA) is 71.9 Å². The third-order valence-electron chi connectivity index (χ3n) is 4.09. The molecule has 2 N–H and O–H groups in total. The zero-order valence-electron chi connectivity index (χ0n) is 14.4. The van der Waals surface area contributed by atoms with Crippen LogP contribution in [-0.2, 0) is 13.5 Å². The average molecular weight is 401 g/mol. The highest BCUT2D eigenvalue weighted by Gasteiger charge is 2.31. The summed E-state index contributed by atoms with van der Waals surface area (Å²) >= 11 is 5.94. The van der Waals surface area contributed by atoms with Crippen LogP contribution in [0.3, 0.4) is 0 Å². The smallest absolute Gasteiger partial charge is 0.406 e. The molecule has 10 heteroatoms. The van der Waals surface area contributed by atoms with Crippen LogP contribution in [0.2, 0.25) is 5.02 Å². The number of aromatic nitrogens is 3. The van der Waals surface area contributed by atoms with E-state index in [2.05, 4.69) is 20.1 Å². The van der Waals surface area contributed by atoms with Crippen molar-refractivity contribution in [3.05, 3.63) is 46.4 Å². The number of halogens is 4. The van der Waals surface area contributed by atoms with Crippen LogP contribution in [0.25, 0.3) is 10.9 Å². The van der Waals surface area contributed by atoms with Crippen molar-refractivity contribution < 1.29 is 22.7 Å². The van der Waals surface area contributed by atoms with Gasteiger partial charge in [0, 0.05) is 30.2 Å². The van der Waals surface area contributed by atoms with E-state index in [1.165, 1.54) is 29.1 Å². The average Bonchev–Trinajstić information content (AvgIpc) is 3.05. The van der Waals surface area contributed by atoms with Gasteiger partial charge in [0.2, 0.25) is 0 Å². The molecule has 144 valence electrons. The van der Waals surface area contributed by atoms with Gasteiger partial charge in [0.1, 0.15) is 11.4 Å². The van der Waals surface area contributed by atoms with Crippen LogP contribution < -0.4 is 10.1 Å². The van der Waals surface area contributed by atoms with Crippen molar-refractivity contribution in [3.8, 4) is 5.75 Å². The molecule has 0 bridgehead atoms. The van der Waals surface area contributed by atoms with Gasteiger partial charge in [-0.25, -0.2) is 0 Å². The Morgan fingerprint density at radius 2 is 2.15 bits per heavy atom. The third-order valence-corrected chi connectivity index (χ3v) is 4.37. The molecule has 0 aliphatic carbocycles. The van der Waals surface area contributed by atoms with Crippen LogP contribution in [-0.4, -0.2) is 33.6 Å². The van der Waals surface area contributed by atoms with E-state index in [1.54, 1.807) is 7.05 Å². The zero-order chi connectivity index (χ0) is 19.8. The second-order valence-corrected chi connectivity index (χ2v) is 6.36. The number of amides is 1. The SMILES string of the molecule is Cc1[nH]c2ccc(OC(F)(F)F)cc2c1CCNC(=O)c1c(Cl)cnn1C. The summed E-state index contributed by atoms with van der Waals surface area (Å²) in [4.78, 5) is 15.3. The molecule has 0 aliphatic rings. The number of carbonyl (C=O) groups excluding carboxylic acids is 1. The standard InChI is InChI=1S/C17H16ClF3N4O2/c1-9-11(5-6-22-16(26)15-13(18)8-23-25(15)2)12-7-10(27-17(19,20)21)3-4-14(12)24-9/h3-4,7-8,24H,5-6H2,1-2H3,(H,22,26). The Hall–Kier alpha value is -2.68. The molecular weight excluding hydrogens is 385 g/mol. The minimum atomic E-state index is -4.75. The van der Waals surface area contributed by atoms with E-state index in [4.69, 9.17) is 11.6 Å². The van der Waals surface area contributed by atoms with E-state index in [0.29, 0.717) is 17.3 Å². The highest BCUT2D eigenvalue weighted by Crippen LogP contribution is 2.29. The first-order valence-electron chi connectivity index (χ1n) is 7.98. The van der Waals surface area contributed by atoms with Crippen LogP contribution in [0.4, 0.5) is 13.2 Å². The fourth-order valence-corrected chi connectivity index (χ4v) is 3.18. The molecule has 0 radical (unpaired) electrons. The Morgan fingerprint density at radius 1 is 1.41 bits per heavy atom. The van der Waals surface area contributed by atoms with Gasteiger partial charge in [0.15, 0.2) is 0 Å². The molecule has 2 aromatic heterocycles. The summed E-state index contributed by atoms with van der Waals surface area (Å²) < 4.78 is 42.7. The fourth-order valence-electron chi connectivity index (χ4n) is 2.93. The molecule has 3 rings (SSSR count). The first kappa shape index (κ1) is 19.1. The molecule has 0 fully saturated rings. The minimum absolute atomic E-state index is 0.243. The summed E-state index contributed by atoms with van der Waals surface area (Å²) in [5, 5.41) is 7.50. The van der Waals surface area contributed by atoms with E-state index in [0.717, 1.165) is 11.3 Å². The maximum atomic E-state index is 12.4. The lowest BCUT2D eigenvalue weighted by atomic mass is 10.1. The van der Waals surface area contributed by atoms with Crippen LogP contribution in [0.15, 0.2) is 24.4 Å². The van der Waals surface area contributed by atoms with Crippen LogP contribution >= 0.6 is 11.6 Å². The Labute approximate surface area is 157 Å². The second kappa shape index (κ2) is 7.15. The molecule has 0 saturated carbocycles. The number of aromatic amines is 1. The second-order valence-electron chi connectivity index (χ2n) is 5.95. The number of benzene rings is 1. The van der Waals surface area contributed by atoms with Gasteiger partial charge in [-0.3, -0.25) is 9.48 Å². The Morgan fingerprint density at radius 3 is 2.78 bits per heavy atom. The number of hydrogen-bond donors (Lipinski definition) is 2. The number of aryl methyl sites for hydroxylation is 2. The number of fused-ring (bicyclic) bond motifs is 1. The summed E-state index contributed by atoms with van der Waals surface area (Å²) in [6.07, 6.45) is -2.96. The van der Waals surface area contributed by atoms with Gasteiger partial charge in [0.05, 0.1) is 11.2 Å². The number of carbonyl (C=O) groups is 1. The van der Waals surface area contributed by atoms with Crippen molar-refractivity contribution >= 4 is 28.4 Å². The van der Waals surface area contributed by atoms with Gasteiger partial charge in [-0.05, 0) is 37.1 Å². The van der Waals surface area contributed by atoms with Crippen molar-refractivity contribution in [2.24, 2.45) is 7.05 Å².